The van der Waals surface area contributed by atoms with Crippen LogP contribution in [0.1, 0.15) is 38.7 Å². The first-order valence-corrected chi connectivity index (χ1v) is 7.59. The highest BCUT2D eigenvalue weighted by molar-refractivity contribution is 5.73. The number of hydrogen-bond acceptors (Lipinski definition) is 5. The Balaban J connectivity index is 1.94. The van der Waals surface area contributed by atoms with E-state index in [1.807, 2.05) is 19.1 Å². The zero-order valence-corrected chi connectivity index (χ0v) is 14.0. The molecule has 1 aromatic rings. The summed E-state index contributed by atoms with van der Waals surface area (Å²) in [6, 6.07) is 3.70. The summed E-state index contributed by atoms with van der Waals surface area (Å²) in [5.41, 5.74) is -1.22. The molecule has 0 spiro atoms. The molecule has 128 valence electrons. The number of carbonyl (C=O) groups excluding carboxylic acids is 1. The van der Waals surface area contributed by atoms with Crippen LogP contribution >= 0.6 is 0 Å². The smallest absolute Gasteiger partial charge is 0.410 e. The summed E-state index contributed by atoms with van der Waals surface area (Å²) in [5, 5.41) is 12.3. The molecule has 0 atom stereocenters. The zero-order chi connectivity index (χ0) is 17.3. The number of hydrogen-bond donors (Lipinski definition) is 2. The number of furan rings is 1. The molecule has 1 amide bonds. The first kappa shape index (κ1) is 17.3. The Morgan fingerprint density at radius 3 is 2.52 bits per heavy atom. The quantitative estimate of drug-likeness (QED) is 0.862. The average molecular weight is 324 g/mol. The van der Waals surface area contributed by atoms with Gasteiger partial charge in [0, 0.05) is 13.1 Å². The van der Waals surface area contributed by atoms with E-state index in [0.29, 0.717) is 19.6 Å². The number of aliphatic carboxylic acids is 1. The van der Waals surface area contributed by atoms with Gasteiger partial charge >= 0.3 is 12.1 Å². The highest BCUT2D eigenvalue weighted by atomic mass is 16.6. The molecular formula is C16H24N2O5. The van der Waals surface area contributed by atoms with Crippen LogP contribution in [-0.2, 0) is 16.1 Å². The van der Waals surface area contributed by atoms with E-state index < -0.39 is 23.2 Å². The molecule has 2 N–H and O–H groups in total. The molecule has 1 aliphatic rings. The molecule has 0 saturated carbocycles. The Labute approximate surface area is 135 Å². The average Bonchev–Trinajstić information content (AvgIpc) is 2.75. The lowest BCUT2D eigenvalue weighted by molar-refractivity contribution is -0.141. The lowest BCUT2D eigenvalue weighted by Crippen LogP contribution is -2.71. The van der Waals surface area contributed by atoms with Crippen LogP contribution in [0.15, 0.2) is 16.5 Å². The number of aryl methyl sites for hydroxylation is 1. The number of nitrogens with one attached hydrogen (secondary N) is 1. The Hall–Kier alpha value is -2.02. The van der Waals surface area contributed by atoms with Crippen molar-refractivity contribution in [3.8, 4) is 0 Å². The van der Waals surface area contributed by atoms with Gasteiger partial charge in [-0.1, -0.05) is 0 Å². The predicted octanol–water partition coefficient (Wildman–Crippen LogP) is 2.14. The van der Waals surface area contributed by atoms with Gasteiger partial charge < -0.3 is 24.5 Å². The molecule has 2 heterocycles. The monoisotopic (exact) mass is 324 g/mol. The van der Waals surface area contributed by atoms with E-state index in [4.69, 9.17) is 14.3 Å². The molecule has 0 unspecified atom stereocenters. The van der Waals surface area contributed by atoms with Gasteiger partial charge in [-0.05, 0) is 39.8 Å². The van der Waals surface area contributed by atoms with E-state index in [-0.39, 0.29) is 6.42 Å². The number of carboxylic acid groups (broad SMARTS) is 1. The summed E-state index contributed by atoms with van der Waals surface area (Å²) in [4.78, 5) is 24.6. The highest BCUT2D eigenvalue weighted by Gasteiger charge is 2.47. The van der Waals surface area contributed by atoms with E-state index in [2.05, 4.69) is 5.32 Å². The van der Waals surface area contributed by atoms with Crippen LogP contribution in [0.2, 0.25) is 0 Å². The Bertz CT molecular complexity index is 582. The summed E-state index contributed by atoms with van der Waals surface area (Å²) in [5.74, 6) is 0.637. The second-order valence-electron chi connectivity index (χ2n) is 7.05. The van der Waals surface area contributed by atoms with Gasteiger partial charge in [-0.25, -0.2) is 4.79 Å². The fraction of sp³-hybridized carbons (Fsp3) is 0.625. The molecule has 1 fully saturated rings. The molecule has 0 aliphatic carbocycles. The number of carboxylic acids is 1. The van der Waals surface area contributed by atoms with E-state index >= 15 is 0 Å². The minimum Gasteiger partial charge on any atom is -0.481 e. The number of likely N-dealkylation sites (tertiary alicyclic amines) is 1. The number of nitrogens with zero attached hydrogens (tertiary/aromatic N) is 1. The Morgan fingerprint density at radius 2 is 2.04 bits per heavy atom. The van der Waals surface area contributed by atoms with Crippen LogP contribution in [0.4, 0.5) is 4.79 Å². The van der Waals surface area contributed by atoms with Gasteiger partial charge in [0.1, 0.15) is 17.1 Å². The Kier molecular flexibility index (Phi) is 4.70. The van der Waals surface area contributed by atoms with Gasteiger partial charge in [0.25, 0.3) is 0 Å². The Morgan fingerprint density at radius 1 is 1.39 bits per heavy atom. The molecule has 1 aromatic heterocycles. The van der Waals surface area contributed by atoms with Crippen molar-refractivity contribution in [2.75, 3.05) is 13.1 Å². The van der Waals surface area contributed by atoms with Gasteiger partial charge in [0.2, 0.25) is 0 Å². The van der Waals surface area contributed by atoms with Crippen LogP contribution in [0.3, 0.4) is 0 Å². The van der Waals surface area contributed by atoms with E-state index in [1.165, 1.54) is 4.90 Å². The standard InChI is InChI=1S/C16H24N2O5/c1-11-5-6-12(22-11)8-17-16(7-13(19)20)9-18(10-16)14(21)23-15(2,3)4/h5-6,17H,7-10H2,1-4H3,(H,19,20). The SMILES string of the molecule is Cc1ccc(CNC2(CC(=O)O)CN(C(=O)OC(C)(C)C)C2)o1. The van der Waals surface area contributed by atoms with Gasteiger partial charge in [-0.15, -0.1) is 0 Å². The number of carbonyl (C=O) groups is 2. The molecule has 7 nitrogen and oxygen atoms in total. The minimum absolute atomic E-state index is 0.0635. The molecule has 7 heteroatoms. The lowest BCUT2D eigenvalue weighted by Gasteiger charge is -2.49. The van der Waals surface area contributed by atoms with Crippen LogP contribution in [0, 0.1) is 6.92 Å². The largest absolute Gasteiger partial charge is 0.481 e. The molecule has 0 radical (unpaired) electrons. The highest BCUT2D eigenvalue weighted by Crippen LogP contribution is 2.27. The van der Waals surface area contributed by atoms with Gasteiger partial charge in [0.05, 0.1) is 18.5 Å². The first-order chi connectivity index (χ1) is 10.6. The number of rotatable bonds is 5. The maximum atomic E-state index is 12.0. The van der Waals surface area contributed by atoms with Crippen molar-refractivity contribution in [2.24, 2.45) is 0 Å². The van der Waals surface area contributed by atoms with Crippen molar-refractivity contribution in [3.63, 3.8) is 0 Å². The maximum absolute atomic E-state index is 12.0. The summed E-state index contributed by atoms with van der Waals surface area (Å²) >= 11 is 0. The normalized spacial score (nSPS) is 16.8. The lowest BCUT2D eigenvalue weighted by atomic mass is 9.86. The van der Waals surface area contributed by atoms with E-state index in [0.717, 1.165) is 11.5 Å². The summed E-state index contributed by atoms with van der Waals surface area (Å²) in [7, 11) is 0. The van der Waals surface area contributed by atoms with Crippen molar-refractivity contribution in [1.29, 1.82) is 0 Å². The van der Waals surface area contributed by atoms with Crippen molar-refractivity contribution < 1.29 is 23.8 Å². The molecule has 1 saturated heterocycles. The van der Waals surface area contributed by atoms with Crippen LogP contribution in [0.25, 0.3) is 0 Å². The summed E-state index contributed by atoms with van der Waals surface area (Å²) in [6.07, 6.45) is -0.486. The van der Waals surface area contributed by atoms with Crippen molar-refractivity contribution >= 4 is 12.1 Å². The third kappa shape index (κ3) is 4.72. The molecule has 0 aromatic carbocycles. The van der Waals surface area contributed by atoms with Gasteiger partial charge in [-0.3, -0.25) is 4.79 Å². The fourth-order valence-corrected chi connectivity index (χ4v) is 2.57. The van der Waals surface area contributed by atoms with Crippen molar-refractivity contribution in [3.05, 3.63) is 23.7 Å². The minimum atomic E-state index is -0.906. The summed E-state index contributed by atoms with van der Waals surface area (Å²) in [6.45, 7) is 8.27. The van der Waals surface area contributed by atoms with E-state index in [1.54, 1.807) is 20.8 Å². The predicted molar refractivity (Wildman–Crippen MR) is 83.1 cm³/mol. The van der Waals surface area contributed by atoms with E-state index in [9.17, 15) is 9.59 Å². The topological polar surface area (TPSA) is 92.0 Å². The zero-order valence-electron chi connectivity index (χ0n) is 14.0. The number of amides is 1. The maximum Gasteiger partial charge on any atom is 0.410 e. The van der Waals surface area contributed by atoms with Crippen LogP contribution < -0.4 is 5.32 Å². The van der Waals surface area contributed by atoms with Crippen LogP contribution in [0.5, 0.6) is 0 Å². The molecule has 2 rings (SSSR count). The van der Waals surface area contributed by atoms with Gasteiger partial charge in [0.15, 0.2) is 0 Å². The van der Waals surface area contributed by atoms with Crippen LogP contribution in [-0.4, -0.2) is 46.3 Å². The van der Waals surface area contributed by atoms with Crippen molar-refractivity contribution in [2.45, 2.75) is 51.8 Å². The first-order valence-electron chi connectivity index (χ1n) is 7.59. The molecular weight excluding hydrogens is 300 g/mol. The number of ether oxygens (including phenoxy) is 1. The van der Waals surface area contributed by atoms with Crippen molar-refractivity contribution in [1.82, 2.24) is 10.2 Å². The molecule has 23 heavy (non-hydrogen) atoms. The second-order valence-corrected chi connectivity index (χ2v) is 7.05. The molecule has 0 bridgehead atoms. The molecule has 1 aliphatic heterocycles. The summed E-state index contributed by atoms with van der Waals surface area (Å²) < 4.78 is 10.8. The fourth-order valence-electron chi connectivity index (χ4n) is 2.57. The third-order valence-corrected chi connectivity index (χ3v) is 3.56. The third-order valence-electron chi connectivity index (χ3n) is 3.56. The van der Waals surface area contributed by atoms with Gasteiger partial charge in [-0.2, -0.15) is 0 Å². The second kappa shape index (κ2) is 6.23.